The smallest absolute Gasteiger partial charge is 0.137 e. The molecule has 2 nitrogen and oxygen atoms in total. The number of hydrogen-bond acceptors (Lipinski definition) is 2. The molecule has 1 heterocycles. The van der Waals surface area contributed by atoms with E-state index in [9.17, 15) is 0 Å². The summed E-state index contributed by atoms with van der Waals surface area (Å²) >= 11 is 0. The highest BCUT2D eigenvalue weighted by atomic mass is 16.3. The Balaban J connectivity index is 1.19. The highest BCUT2D eigenvalue weighted by molar-refractivity contribution is 6.14. The first-order chi connectivity index (χ1) is 29.8. The molecule has 10 aromatic carbocycles. The lowest BCUT2D eigenvalue weighted by Gasteiger charge is -2.30. The third kappa shape index (κ3) is 6.23. The van der Waals surface area contributed by atoms with Gasteiger partial charge in [0.2, 0.25) is 0 Å². The van der Waals surface area contributed by atoms with Gasteiger partial charge in [-0.25, -0.2) is 0 Å². The second-order valence-corrected chi connectivity index (χ2v) is 15.2. The Kier molecular flexibility index (Phi) is 8.87. The summed E-state index contributed by atoms with van der Waals surface area (Å²) in [5.74, 6) is 0. The quantitative estimate of drug-likeness (QED) is 0.153. The maximum atomic E-state index is 6.53. The molecule has 0 saturated carbocycles. The molecule has 2 heteroatoms. The van der Waals surface area contributed by atoms with Crippen molar-refractivity contribution in [1.29, 1.82) is 0 Å². The van der Waals surface area contributed by atoms with Crippen LogP contribution in [0, 0.1) is 0 Å². The molecule has 0 fully saturated rings. The van der Waals surface area contributed by atoms with Crippen LogP contribution in [-0.4, -0.2) is 0 Å². The average Bonchev–Trinajstić information content (AvgIpc) is 3.72. The molecule has 60 heavy (non-hydrogen) atoms. The number of rotatable bonds is 8. The van der Waals surface area contributed by atoms with Crippen molar-refractivity contribution in [2.45, 2.75) is 0 Å². The molecule has 11 aromatic rings. The molecular weight excluding hydrogens is 727 g/mol. The van der Waals surface area contributed by atoms with Gasteiger partial charge in [0.25, 0.3) is 0 Å². The van der Waals surface area contributed by atoms with Crippen LogP contribution < -0.4 is 4.90 Å². The second-order valence-electron chi connectivity index (χ2n) is 15.2. The summed E-state index contributed by atoms with van der Waals surface area (Å²) in [5, 5.41) is 4.61. The Morgan fingerprint density at radius 2 is 0.850 bits per heavy atom. The molecule has 0 spiro atoms. The highest BCUT2D eigenvalue weighted by Gasteiger charge is 2.25. The predicted octanol–water partition coefficient (Wildman–Crippen LogP) is 16.5. The molecule has 0 saturated heterocycles. The van der Waals surface area contributed by atoms with Gasteiger partial charge in [0.05, 0.1) is 16.8 Å². The van der Waals surface area contributed by atoms with E-state index in [4.69, 9.17) is 4.42 Å². The summed E-state index contributed by atoms with van der Waals surface area (Å²) in [6.45, 7) is 0. The average molecular weight is 766 g/mol. The number of benzene rings is 10. The van der Waals surface area contributed by atoms with Gasteiger partial charge < -0.3 is 9.32 Å². The molecule has 0 amide bonds. The van der Waals surface area contributed by atoms with Gasteiger partial charge >= 0.3 is 0 Å². The Morgan fingerprint density at radius 3 is 1.68 bits per heavy atom. The maximum absolute atomic E-state index is 6.53. The zero-order chi connectivity index (χ0) is 39.8. The van der Waals surface area contributed by atoms with Crippen molar-refractivity contribution >= 4 is 49.8 Å². The minimum atomic E-state index is 0.852. The third-order valence-corrected chi connectivity index (χ3v) is 11.7. The van der Waals surface area contributed by atoms with E-state index in [0.717, 1.165) is 55.7 Å². The lowest BCUT2D eigenvalue weighted by Crippen LogP contribution is -2.12. The molecule has 0 radical (unpaired) electrons. The number of fused-ring (bicyclic) bond motifs is 4. The Labute approximate surface area is 349 Å². The van der Waals surface area contributed by atoms with Crippen LogP contribution in [0.1, 0.15) is 0 Å². The van der Waals surface area contributed by atoms with E-state index in [1.54, 1.807) is 0 Å². The molecule has 0 unspecified atom stereocenters. The van der Waals surface area contributed by atoms with Crippen molar-refractivity contribution in [3.8, 4) is 55.6 Å². The van der Waals surface area contributed by atoms with Crippen molar-refractivity contribution in [2.75, 3.05) is 4.90 Å². The number of furan rings is 1. The molecule has 11 rings (SSSR count). The zero-order valence-electron chi connectivity index (χ0n) is 32.9. The summed E-state index contributed by atoms with van der Waals surface area (Å²) in [5.41, 5.74) is 16.6. The molecule has 0 aliphatic carbocycles. The molecule has 0 aliphatic heterocycles. The topological polar surface area (TPSA) is 16.4 Å². The number of hydrogen-bond donors (Lipinski definition) is 0. The minimum absolute atomic E-state index is 0.852. The summed E-state index contributed by atoms with van der Waals surface area (Å²) in [7, 11) is 0. The van der Waals surface area contributed by atoms with E-state index in [-0.39, 0.29) is 0 Å². The highest BCUT2D eigenvalue weighted by Crippen LogP contribution is 2.50. The first kappa shape index (κ1) is 35.2. The van der Waals surface area contributed by atoms with Gasteiger partial charge in [0, 0.05) is 16.6 Å². The van der Waals surface area contributed by atoms with Gasteiger partial charge in [-0.05, 0) is 103 Å². The summed E-state index contributed by atoms with van der Waals surface area (Å²) in [4.78, 5) is 2.44. The van der Waals surface area contributed by atoms with Crippen LogP contribution in [-0.2, 0) is 0 Å². The van der Waals surface area contributed by atoms with Crippen molar-refractivity contribution in [1.82, 2.24) is 0 Å². The first-order valence-electron chi connectivity index (χ1n) is 20.5. The SMILES string of the molecule is c1ccc(-c2ccccc2-c2c(-c3ccccc3)cccc2-c2ccccc2N(c2cccc(-c3ccc4ccccc4c3)c2)c2cccc3oc4ccccc4c23)cc1. The maximum Gasteiger partial charge on any atom is 0.137 e. The van der Waals surface area contributed by atoms with E-state index >= 15 is 0 Å². The molecule has 1 aromatic heterocycles. The van der Waals surface area contributed by atoms with Gasteiger partial charge in [0.15, 0.2) is 0 Å². The molecule has 0 aliphatic rings. The van der Waals surface area contributed by atoms with Gasteiger partial charge in [-0.3, -0.25) is 0 Å². The van der Waals surface area contributed by atoms with Crippen LogP contribution in [0.2, 0.25) is 0 Å². The predicted molar refractivity (Wildman–Crippen MR) is 253 cm³/mol. The second kappa shape index (κ2) is 15.1. The Morgan fingerprint density at radius 1 is 0.300 bits per heavy atom. The van der Waals surface area contributed by atoms with Crippen LogP contribution >= 0.6 is 0 Å². The fourth-order valence-electron chi connectivity index (χ4n) is 8.94. The number of para-hydroxylation sites is 2. The third-order valence-electron chi connectivity index (χ3n) is 11.7. The Hall–Kier alpha value is -7.94. The molecule has 0 atom stereocenters. The summed E-state index contributed by atoms with van der Waals surface area (Å²) < 4.78 is 6.53. The lowest BCUT2D eigenvalue weighted by molar-refractivity contribution is 0.669. The van der Waals surface area contributed by atoms with Crippen LogP contribution in [0.15, 0.2) is 241 Å². The lowest BCUT2D eigenvalue weighted by atomic mass is 9.84. The number of anilines is 3. The van der Waals surface area contributed by atoms with Gasteiger partial charge in [-0.1, -0.05) is 194 Å². The molecule has 0 N–H and O–H groups in total. The minimum Gasteiger partial charge on any atom is -0.456 e. The van der Waals surface area contributed by atoms with E-state index in [1.165, 1.54) is 49.7 Å². The molecule has 282 valence electrons. The van der Waals surface area contributed by atoms with Crippen LogP contribution in [0.4, 0.5) is 17.1 Å². The van der Waals surface area contributed by atoms with Gasteiger partial charge in [-0.2, -0.15) is 0 Å². The normalized spacial score (nSPS) is 11.3. The molecular formula is C58H39NO. The van der Waals surface area contributed by atoms with Crippen molar-refractivity contribution in [2.24, 2.45) is 0 Å². The fraction of sp³-hybridized carbons (Fsp3) is 0. The van der Waals surface area contributed by atoms with Gasteiger partial charge in [-0.15, -0.1) is 0 Å². The van der Waals surface area contributed by atoms with Crippen molar-refractivity contribution in [3.63, 3.8) is 0 Å². The first-order valence-corrected chi connectivity index (χ1v) is 20.5. The zero-order valence-corrected chi connectivity index (χ0v) is 32.9. The van der Waals surface area contributed by atoms with Crippen molar-refractivity contribution < 1.29 is 4.42 Å². The largest absolute Gasteiger partial charge is 0.456 e. The fourth-order valence-corrected chi connectivity index (χ4v) is 8.94. The monoisotopic (exact) mass is 765 g/mol. The van der Waals surface area contributed by atoms with Gasteiger partial charge in [0.1, 0.15) is 11.2 Å². The van der Waals surface area contributed by atoms with E-state index in [0.29, 0.717) is 0 Å². The summed E-state index contributed by atoms with van der Waals surface area (Å²) in [6.07, 6.45) is 0. The van der Waals surface area contributed by atoms with Crippen LogP contribution in [0.3, 0.4) is 0 Å². The van der Waals surface area contributed by atoms with Crippen LogP contribution in [0.25, 0.3) is 88.3 Å². The van der Waals surface area contributed by atoms with Crippen LogP contribution in [0.5, 0.6) is 0 Å². The Bertz CT molecular complexity index is 3330. The van der Waals surface area contributed by atoms with E-state index in [1.807, 2.05) is 6.07 Å². The van der Waals surface area contributed by atoms with E-state index < -0.39 is 0 Å². The molecule has 0 bridgehead atoms. The number of nitrogens with zero attached hydrogens (tertiary/aromatic N) is 1. The summed E-state index contributed by atoms with van der Waals surface area (Å²) in [6, 6.07) is 85.0. The van der Waals surface area contributed by atoms with E-state index in [2.05, 4.69) is 235 Å². The van der Waals surface area contributed by atoms with Crippen molar-refractivity contribution in [3.05, 3.63) is 237 Å². The standard InChI is InChI=1S/C58H39NO/c1-3-19-41(20-4-1)47-26-9-10-28-50(47)57-48(42-21-5-2-6-22-42)30-16-31-51(57)49-27-11-13-32-53(49)59(54-33-17-35-56-58(54)52-29-12-14-34-55(52)60-56)46-25-15-24-44(39-46)45-37-36-40-18-7-8-23-43(40)38-45/h1-39H.